The maximum Gasteiger partial charge on any atom is 0.215 e. The molecule has 0 saturated carbocycles. The molecule has 0 amide bonds. The number of hydrogen-bond acceptors (Lipinski definition) is 6. The molecule has 2 heterocycles. The fourth-order valence-corrected chi connectivity index (χ4v) is 1.38. The van der Waals surface area contributed by atoms with Crippen molar-refractivity contribution in [2.75, 3.05) is 18.2 Å². The van der Waals surface area contributed by atoms with Gasteiger partial charge < -0.3 is 20.3 Å². The van der Waals surface area contributed by atoms with Crippen LogP contribution in [0.4, 0.5) is 11.5 Å². The molecule has 6 nitrogen and oxygen atoms in total. The Balaban J connectivity index is 2.07. The molecular weight excluding hydrogens is 220 g/mol. The van der Waals surface area contributed by atoms with Gasteiger partial charge in [-0.05, 0) is 13.0 Å². The van der Waals surface area contributed by atoms with E-state index in [1.54, 1.807) is 19.2 Å². The number of pyridine rings is 1. The highest BCUT2D eigenvalue weighted by molar-refractivity contribution is 5.61. The third-order valence-electron chi connectivity index (χ3n) is 2.22. The number of ether oxygens (including phenoxy) is 1. The molecule has 0 aliphatic carbocycles. The van der Waals surface area contributed by atoms with Crippen LogP contribution in [-0.2, 0) is 6.54 Å². The fraction of sp³-hybridized carbons (Fsp3) is 0.273. The molecule has 0 unspecified atom stereocenters. The van der Waals surface area contributed by atoms with Gasteiger partial charge in [0.15, 0.2) is 11.6 Å². The Labute approximate surface area is 98.8 Å². The molecule has 2 aromatic rings. The van der Waals surface area contributed by atoms with Gasteiger partial charge in [0.05, 0.1) is 25.0 Å². The Hall–Kier alpha value is -2.24. The molecule has 0 fully saturated rings. The molecule has 2 rings (SSSR count). The van der Waals surface area contributed by atoms with Gasteiger partial charge >= 0.3 is 0 Å². The van der Waals surface area contributed by atoms with Crippen LogP contribution in [0.1, 0.15) is 11.5 Å². The van der Waals surface area contributed by atoms with Crippen molar-refractivity contribution < 1.29 is 9.26 Å². The smallest absolute Gasteiger partial charge is 0.215 e. The van der Waals surface area contributed by atoms with Gasteiger partial charge in [0, 0.05) is 12.1 Å². The Bertz CT molecular complexity index is 510. The average molecular weight is 234 g/mol. The summed E-state index contributed by atoms with van der Waals surface area (Å²) >= 11 is 0. The van der Waals surface area contributed by atoms with Crippen molar-refractivity contribution in [2.45, 2.75) is 13.5 Å². The Morgan fingerprint density at radius 2 is 2.29 bits per heavy atom. The van der Waals surface area contributed by atoms with Gasteiger partial charge in [-0.3, -0.25) is 0 Å². The minimum absolute atomic E-state index is 0.477. The van der Waals surface area contributed by atoms with E-state index in [2.05, 4.69) is 15.5 Å². The van der Waals surface area contributed by atoms with Crippen LogP contribution < -0.4 is 15.8 Å². The molecule has 17 heavy (non-hydrogen) atoms. The zero-order chi connectivity index (χ0) is 12.3. The zero-order valence-corrected chi connectivity index (χ0v) is 9.73. The molecule has 0 saturated heterocycles. The van der Waals surface area contributed by atoms with E-state index >= 15 is 0 Å². The van der Waals surface area contributed by atoms with Crippen molar-refractivity contribution in [2.24, 2.45) is 0 Å². The van der Waals surface area contributed by atoms with E-state index in [1.807, 2.05) is 13.0 Å². The lowest BCUT2D eigenvalue weighted by Crippen LogP contribution is -2.04. The molecule has 0 aliphatic heterocycles. The normalized spacial score (nSPS) is 10.2. The second-order valence-corrected chi connectivity index (χ2v) is 3.58. The van der Waals surface area contributed by atoms with Crippen LogP contribution in [0.25, 0.3) is 0 Å². The molecule has 0 atom stereocenters. The summed E-state index contributed by atoms with van der Waals surface area (Å²) in [6, 6.07) is 5.29. The highest BCUT2D eigenvalue weighted by Crippen LogP contribution is 2.20. The first-order chi connectivity index (χ1) is 8.19. The van der Waals surface area contributed by atoms with Crippen molar-refractivity contribution in [1.29, 1.82) is 0 Å². The van der Waals surface area contributed by atoms with E-state index in [0.29, 0.717) is 23.9 Å². The number of methoxy groups -OCH3 is 1. The summed E-state index contributed by atoms with van der Waals surface area (Å²) in [7, 11) is 1.56. The summed E-state index contributed by atoms with van der Waals surface area (Å²) in [6.45, 7) is 2.34. The first-order valence-electron chi connectivity index (χ1n) is 5.15. The largest absolute Gasteiger partial charge is 0.481 e. The van der Waals surface area contributed by atoms with Crippen molar-refractivity contribution >= 4 is 11.5 Å². The minimum Gasteiger partial charge on any atom is -0.481 e. The summed E-state index contributed by atoms with van der Waals surface area (Å²) in [5.41, 5.74) is 7.19. The van der Waals surface area contributed by atoms with Crippen LogP contribution >= 0.6 is 0 Å². The molecule has 2 aromatic heterocycles. The van der Waals surface area contributed by atoms with Crippen LogP contribution in [-0.4, -0.2) is 17.3 Å². The molecule has 0 spiro atoms. The van der Waals surface area contributed by atoms with Gasteiger partial charge in [-0.1, -0.05) is 5.16 Å². The van der Waals surface area contributed by atoms with Gasteiger partial charge in [-0.15, -0.1) is 0 Å². The van der Waals surface area contributed by atoms with Gasteiger partial charge in [0.2, 0.25) is 5.88 Å². The van der Waals surface area contributed by atoms with Gasteiger partial charge in [0.25, 0.3) is 0 Å². The van der Waals surface area contributed by atoms with Gasteiger partial charge in [0.1, 0.15) is 0 Å². The zero-order valence-electron chi connectivity index (χ0n) is 9.73. The third kappa shape index (κ3) is 2.66. The molecule has 0 bridgehead atoms. The van der Waals surface area contributed by atoms with E-state index in [-0.39, 0.29) is 0 Å². The van der Waals surface area contributed by atoms with E-state index in [1.165, 1.54) is 0 Å². The van der Waals surface area contributed by atoms with Crippen molar-refractivity contribution in [3.8, 4) is 5.88 Å². The highest BCUT2D eigenvalue weighted by Gasteiger charge is 2.05. The average Bonchev–Trinajstić information content (AvgIpc) is 2.74. The monoisotopic (exact) mass is 234 g/mol. The first-order valence-corrected chi connectivity index (χ1v) is 5.15. The molecule has 90 valence electrons. The van der Waals surface area contributed by atoms with E-state index in [9.17, 15) is 0 Å². The Kier molecular flexibility index (Phi) is 3.13. The lowest BCUT2D eigenvalue weighted by atomic mass is 10.3. The number of aryl methyl sites for hydroxylation is 1. The second-order valence-electron chi connectivity index (χ2n) is 3.58. The van der Waals surface area contributed by atoms with Crippen LogP contribution in [0.5, 0.6) is 5.88 Å². The van der Waals surface area contributed by atoms with Gasteiger partial charge in [-0.2, -0.15) is 4.98 Å². The lowest BCUT2D eigenvalue weighted by molar-refractivity contribution is 0.383. The summed E-state index contributed by atoms with van der Waals surface area (Å²) < 4.78 is 10.1. The number of nitrogens with zero attached hydrogens (tertiary/aromatic N) is 2. The van der Waals surface area contributed by atoms with Crippen LogP contribution in [0.15, 0.2) is 22.7 Å². The number of hydrogen-bond donors (Lipinski definition) is 2. The number of nitrogens with one attached hydrogen (secondary N) is 1. The number of anilines is 2. The number of nitrogens with two attached hydrogens (primary N) is 1. The SMILES string of the molecule is COc1ccc(N)c(NCc2cc(C)no2)n1. The van der Waals surface area contributed by atoms with Crippen molar-refractivity contribution in [3.63, 3.8) is 0 Å². The summed E-state index contributed by atoms with van der Waals surface area (Å²) in [6.07, 6.45) is 0. The molecular formula is C11H14N4O2. The van der Waals surface area contributed by atoms with E-state index in [0.717, 1.165) is 11.5 Å². The number of rotatable bonds is 4. The molecule has 3 N–H and O–H groups in total. The third-order valence-corrected chi connectivity index (χ3v) is 2.22. The molecule has 0 radical (unpaired) electrons. The maximum atomic E-state index is 5.79. The summed E-state index contributed by atoms with van der Waals surface area (Å²) in [5, 5.41) is 6.86. The second kappa shape index (κ2) is 4.73. The van der Waals surface area contributed by atoms with Crippen LogP contribution in [0.3, 0.4) is 0 Å². The fourth-order valence-electron chi connectivity index (χ4n) is 1.38. The van der Waals surface area contributed by atoms with Crippen molar-refractivity contribution in [3.05, 3.63) is 29.7 Å². The highest BCUT2D eigenvalue weighted by atomic mass is 16.5. The summed E-state index contributed by atoms with van der Waals surface area (Å²) in [4.78, 5) is 4.19. The minimum atomic E-state index is 0.477. The number of nitrogen functional groups attached to an aromatic ring is 1. The molecule has 6 heteroatoms. The predicted molar refractivity (Wildman–Crippen MR) is 63.8 cm³/mol. The number of aromatic nitrogens is 2. The van der Waals surface area contributed by atoms with Crippen molar-refractivity contribution in [1.82, 2.24) is 10.1 Å². The maximum absolute atomic E-state index is 5.79. The Morgan fingerprint density at radius 3 is 2.94 bits per heavy atom. The Morgan fingerprint density at radius 1 is 1.47 bits per heavy atom. The van der Waals surface area contributed by atoms with Crippen LogP contribution in [0.2, 0.25) is 0 Å². The van der Waals surface area contributed by atoms with Crippen LogP contribution in [0, 0.1) is 6.92 Å². The molecule has 0 aromatic carbocycles. The predicted octanol–water partition coefficient (Wildman–Crippen LogP) is 1.58. The topological polar surface area (TPSA) is 86.2 Å². The molecule has 0 aliphatic rings. The standard InChI is InChI=1S/C11H14N4O2/c1-7-5-8(17-15-7)6-13-11-9(12)3-4-10(14-11)16-2/h3-5H,6,12H2,1-2H3,(H,13,14). The van der Waals surface area contributed by atoms with E-state index < -0.39 is 0 Å². The first kappa shape index (κ1) is 11.3. The summed E-state index contributed by atoms with van der Waals surface area (Å²) in [5.74, 6) is 1.81. The lowest BCUT2D eigenvalue weighted by Gasteiger charge is -2.07. The quantitative estimate of drug-likeness (QED) is 0.835. The van der Waals surface area contributed by atoms with Gasteiger partial charge in [-0.25, -0.2) is 0 Å². The van der Waals surface area contributed by atoms with E-state index in [4.69, 9.17) is 15.0 Å².